The van der Waals surface area contributed by atoms with Crippen LogP contribution in [0.15, 0.2) is 77.3 Å². The van der Waals surface area contributed by atoms with Gasteiger partial charge in [0.2, 0.25) is 0 Å². The Balaban J connectivity index is 1.73. The first-order valence-corrected chi connectivity index (χ1v) is 10.8. The van der Waals surface area contributed by atoms with Gasteiger partial charge < -0.3 is 4.74 Å². The molecule has 1 aliphatic carbocycles. The molecule has 0 saturated heterocycles. The molecule has 0 aromatic heterocycles. The smallest absolute Gasteiger partial charge is 0.327 e. The third-order valence-electron chi connectivity index (χ3n) is 6.73. The van der Waals surface area contributed by atoms with Gasteiger partial charge in [0.05, 0.1) is 5.41 Å². The number of Topliss-reactive ketones (excluding diaryl/α,β-unsaturated/α-hetero) is 2. The number of ketones is 2. The Morgan fingerprint density at radius 1 is 0.903 bits per heavy atom. The van der Waals surface area contributed by atoms with E-state index in [2.05, 4.69) is 15.9 Å². The van der Waals surface area contributed by atoms with Gasteiger partial charge in [-0.05, 0) is 25.1 Å². The molecule has 2 aliphatic rings. The summed E-state index contributed by atoms with van der Waals surface area (Å²) in [5.41, 5.74) is -0.252. The molecule has 3 unspecified atom stereocenters. The van der Waals surface area contributed by atoms with Crippen molar-refractivity contribution >= 4 is 33.5 Å². The van der Waals surface area contributed by atoms with Crippen LogP contribution in [0.3, 0.4) is 0 Å². The Kier molecular flexibility index (Phi) is 4.31. The second-order valence-electron chi connectivity index (χ2n) is 8.41. The number of rotatable bonds is 4. The number of aryl methyl sites for hydroxylation is 1. The van der Waals surface area contributed by atoms with Crippen LogP contribution in [0.2, 0.25) is 0 Å². The first-order valence-electron chi connectivity index (χ1n) is 10.0. The summed E-state index contributed by atoms with van der Waals surface area (Å²) in [5.74, 6) is -1.47. The van der Waals surface area contributed by atoms with Crippen LogP contribution in [0.1, 0.15) is 44.7 Å². The minimum Gasteiger partial charge on any atom is -0.425 e. The first-order chi connectivity index (χ1) is 14.8. The molecule has 0 amide bonds. The molecule has 1 aliphatic heterocycles. The van der Waals surface area contributed by atoms with E-state index in [9.17, 15) is 14.4 Å². The summed E-state index contributed by atoms with van der Waals surface area (Å²) in [4.78, 5) is 41.0. The van der Waals surface area contributed by atoms with Crippen molar-refractivity contribution in [2.45, 2.75) is 19.8 Å². The molecule has 5 heteroatoms. The largest absolute Gasteiger partial charge is 0.425 e. The Morgan fingerprint density at radius 3 is 2.23 bits per heavy atom. The Bertz CT molecular complexity index is 1250. The van der Waals surface area contributed by atoms with Gasteiger partial charge in [-0.15, -0.1) is 0 Å². The average Bonchev–Trinajstić information content (AvgIpc) is 3.37. The van der Waals surface area contributed by atoms with Crippen molar-refractivity contribution in [3.63, 3.8) is 0 Å². The van der Waals surface area contributed by atoms with E-state index >= 15 is 0 Å². The lowest BCUT2D eigenvalue weighted by Gasteiger charge is -2.23. The minimum atomic E-state index is -1.59. The van der Waals surface area contributed by atoms with E-state index in [1.54, 1.807) is 61.5 Å². The number of hydrogen-bond acceptors (Lipinski definition) is 4. The van der Waals surface area contributed by atoms with Crippen molar-refractivity contribution in [3.8, 4) is 5.75 Å². The molecule has 0 N–H and O–H groups in total. The fourth-order valence-corrected chi connectivity index (χ4v) is 5.48. The Hall–Kier alpha value is -3.05. The zero-order chi connectivity index (χ0) is 22.0. The van der Waals surface area contributed by atoms with Gasteiger partial charge in [0.1, 0.15) is 5.75 Å². The number of benzene rings is 3. The van der Waals surface area contributed by atoms with Gasteiger partial charge in [0.25, 0.3) is 0 Å². The SMILES string of the molecule is Cc1ccc(C(=O)C2(C)C3c4cc(Br)ccc4OC(=O)C32C(=O)c2ccccc2)cc1. The monoisotopic (exact) mass is 474 g/mol. The molecular weight excluding hydrogens is 456 g/mol. The first kappa shape index (κ1) is 19.9. The predicted octanol–water partition coefficient (Wildman–Crippen LogP) is 5.53. The maximum atomic E-state index is 13.8. The lowest BCUT2D eigenvalue weighted by atomic mass is 9.82. The average molecular weight is 475 g/mol. The van der Waals surface area contributed by atoms with Gasteiger partial charge in [-0.2, -0.15) is 0 Å². The van der Waals surface area contributed by atoms with Crippen LogP contribution in [0, 0.1) is 17.8 Å². The second kappa shape index (κ2) is 6.72. The van der Waals surface area contributed by atoms with E-state index in [1.807, 2.05) is 25.1 Å². The molecule has 3 aromatic carbocycles. The molecule has 3 atom stereocenters. The highest BCUT2D eigenvalue weighted by Gasteiger charge is 2.87. The van der Waals surface area contributed by atoms with E-state index in [-0.39, 0.29) is 11.6 Å². The third-order valence-corrected chi connectivity index (χ3v) is 7.23. The van der Waals surface area contributed by atoms with Crippen molar-refractivity contribution in [2.75, 3.05) is 0 Å². The van der Waals surface area contributed by atoms with Crippen LogP contribution in [-0.4, -0.2) is 17.5 Å². The lowest BCUT2D eigenvalue weighted by molar-refractivity contribution is -0.140. The van der Waals surface area contributed by atoms with Gasteiger partial charge in [-0.1, -0.05) is 83.0 Å². The van der Waals surface area contributed by atoms with Gasteiger partial charge in [0.15, 0.2) is 17.0 Å². The van der Waals surface area contributed by atoms with Crippen LogP contribution in [0.5, 0.6) is 5.75 Å². The van der Waals surface area contributed by atoms with Gasteiger partial charge >= 0.3 is 5.97 Å². The number of esters is 1. The molecule has 4 nitrogen and oxygen atoms in total. The molecule has 3 aromatic rings. The standard InChI is InChI=1S/C26H19BrO4/c1-15-8-10-17(11-9-15)22(28)25(2)21-19-14-18(27)12-13-20(19)31-24(30)26(21,25)23(29)16-6-4-3-5-7-16/h3-14,21H,1-2H3. The Morgan fingerprint density at radius 2 is 1.55 bits per heavy atom. The number of hydrogen-bond donors (Lipinski definition) is 0. The molecule has 1 heterocycles. The summed E-state index contributed by atoms with van der Waals surface area (Å²) in [6.07, 6.45) is 0. The number of carbonyl (C=O) groups excluding carboxylic acids is 3. The summed E-state index contributed by atoms with van der Waals surface area (Å²) in [7, 11) is 0. The van der Waals surface area contributed by atoms with E-state index in [0.29, 0.717) is 22.4 Å². The molecule has 31 heavy (non-hydrogen) atoms. The summed E-state index contributed by atoms with van der Waals surface area (Å²) in [6, 6.07) is 21.2. The van der Waals surface area contributed by atoms with E-state index < -0.39 is 22.7 Å². The molecular formula is C26H19BrO4. The quantitative estimate of drug-likeness (QED) is 0.216. The number of halogens is 1. The lowest BCUT2D eigenvalue weighted by Crippen LogP contribution is -2.39. The second-order valence-corrected chi connectivity index (χ2v) is 9.32. The molecule has 154 valence electrons. The normalized spacial score (nSPS) is 25.8. The maximum absolute atomic E-state index is 13.8. The topological polar surface area (TPSA) is 60.4 Å². The summed E-state index contributed by atoms with van der Waals surface area (Å²) >= 11 is 3.47. The van der Waals surface area contributed by atoms with E-state index in [0.717, 1.165) is 10.0 Å². The maximum Gasteiger partial charge on any atom is 0.327 e. The van der Waals surface area contributed by atoms with Crippen LogP contribution in [0.4, 0.5) is 0 Å². The predicted molar refractivity (Wildman–Crippen MR) is 119 cm³/mol. The highest BCUT2D eigenvalue weighted by atomic mass is 79.9. The number of ether oxygens (including phenoxy) is 1. The molecule has 1 fully saturated rings. The molecule has 0 spiro atoms. The molecule has 1 saturated carbocycles. The van der Waals surface area contributed by atoms with Crippen molar-refractivity contribution in [2.24, 2.45) is 10.8 Å². The van der Waals surface area contributed by atoms with Crippen molar-refractivity contribution in [3.05, 3.63) is 99.5 Å². The van der Waals surface area contributed by atoms with E-state index in [4.69, 9.17) is 4.74 Å². The van der Waals surface area contributed by atoms with Crippen LogP contribution >= 0.6 is 15.9 Å². The summed E-state index contributed by atoms with van der Waals surface area (Å²) < 4.78 is 6.45. The van der Waals surface area contributed by atoms with Crippen LogP contribution in [0.25, 0.3) is 0 Å². The van der Waals surface area contributed by atoms with Gasteiger partial charge in [-0.25, -0.2) is 0 Å². The summed E-state index contributed by atoms with van der Waals surface area (Å²) in [5, 5.41) is 0. The zero-order valence-corrected chi connectivity index (χ0v) is 18.6. The Labute approximate surface area is 188 Å². The summed E-state index contributed by atoms with van der Waals surface area (Å²) in [6.45, 7) is 3.66. The zero-order valence-electron chi connectivity index (χ0n) is 17.0. The highest BCUT2D eigenvalue weighted by molar-refractivity contribution is 9.10. The van der Waals surface area contributed by atoms with Crippen LogP contribution < -0.4 is 4.74 Å². The number of fused-ring (bicyclic) bond motifs is 3. The minimum absolute atomic E-state index is 0.230. The molecule has 5 rings (SSSR count). The third kappa shape index (κ3) is 2.56. The molecule has 0 radical (unpaired) electrons. The highest BCUT2D eigenvalue weighted by Crippen LogP contribution is 2.79. The van der Waals surface area contributed by atoms with Crippen molar-refractivity contribution < 1.29 is 19.1 Å². The number of carbonyl (C=O) groups is 3. The van der Waals surface area contributed by atoms with Gasteiger partial charge in [-0.3, -0.25) is 14.4 Å². The van der Waals surface area contributed by atoms with Crippen LogP contribution in [-0.2, 0) is 4.79 Å². The van der Waals surface area contributed by atoms with Crippen molar-refractivity contribution in [1.29, 1.82) is 0 Å². The van der Waals surface area contributed by atoms with Gasteiger partial charge in [0, 0.05) is 27.1 Å². The van der Waals surface area contributed by atoms with E-state index in [1.165, 1.54) is 0 Å². The molecule has 0 bridgehead atoms. The fourth-order valence-electron chi connectivity index (χ4n) is 5.10. The fraction of sp³-hybridized carbons (Fsp3) is 0.192. The van der Waals surface area contributed by atoms with Crippen molar-refractivity contribution in [1.82, 2.24) is 0 Å².